The SMILES string of the molecule is COC(=O)C(CCCCCCCCCCCCC(C)C)OC. The van der Waals surface area contributed by atoms with Gasteiger partial charge in [-0.05, 0) is 12.3 Å². The number of hydrogen-bond acceptors (Lipinski definition) is 3. The fourth-order valence-corrected chi connectivity index (χ4v) is 2.76. The Kier molecular flexibility index (Phi) is 14.9. The molecule has 0 saturated heterocycles. The molecule has 0 aromatic heterocycles. The average molecular weight is 315 g/mol. The third kappa shape index (κ3) is 13.1. The van der Waals surface area contributed by atoms with E-state index in [4.69, 9.17) is 9.47 Å². The maximum atomic E-state index is 11.3. The molecule has 0 fully saturated rings. The third-order valence-electron chi connectivity index (χ3n) is 4.25. The highest BCUT2D eigenvalue weighted by molar-refractivity contribution is 5.74. The van der Waals surface area contributed by atoms with Gasteiger partial charge < -0.3 is 9.47 Å². The minimum absolute atomic E-state index is 0.250. The lowest BCUT2D eigenvalue weighted by Gasteiger charge is -2.12. The number of rotatable bonds is 15. The number of unbranched alkanes of at least 4 members (excludes halogenated alkanes) is 9. The van der Waals surface area contributed by atoms with Crippen LogP contribution in [0.15, 0.2) is 0 Å². The Hall–Kier alpha value is -0.570. The molecule has 0 spiro atoms. The van der Waals surface area contributed by atoms with Crippen LogP contribution in [0.25, 0.3) is 0 Å². The zero-order chi connectivity index (χ0) is 16.6. The number of methoxy groups -OCH3 is 2. The smallest absolute Gasteiger partial charge is 0.334 e. The minimum Gasteiger partial charge on any atom is -0.467 e. The van der Waals surface area contributed by atoms with Gasteiger partial charge in [-0.25, -0.2) is 4.79 Å². The molecular formula is C19H38O3. The second kappa shape index (κ2) is 15.3. The van der Waals surface area contributed by atoms with Crippen LogP contribution in [0.5, 0.6) is 0 Å². The van der Waals surface area contributed by atoms with Crippen LogP contribution in [0.2, 0.25) is 0 Å². The van der Waals surface area contributed by atoms with E-state index in [-0.39, 0.29) is 12.1 Å². The maximum absolute atomic E-state index is 11.3. The second-order valence-electron chi connectivity index (χ2n) is 6.75. The van der Waals surface area contributed by atoms with Gasteiger partial charge in [0.15, 0.2) is 6.10 Å². The lowest BCUT2D eigenvalue weighted by molar-refractivity contribution is -0.152. The molecule has 0 aliphatic heterocycles. The van der Waals surface area contributed by atoms with Crippen molar-refractivity contribution < 1.29 is 14.3 Å². The Bertz CT molecular complexity index is 251. The number of esters is 1. The summed E-state index contributed by atoms with van der Waals surface area (Å²) in [5, 5.41) is 0. The Morgan fingerprint density at radius 2 is 1.14 bits per heavy atom. The molecule has 0 aliphatic rings. The molecule has 0 aromatic rings. The molecule has 0 saturated carbocycles. The summed E-state index contributed by atoms with van der Waals surface area (Å²) in [6.07, 6.45) is 14.9. The summed E-state index contributed by atoms with van der Waals surface area (Å²) in [7, 11) is 2.99. The highest BCUT2D eigenvalue weighted by Gasteiger charge is 2.17. The summed E-state index contributed by atoms with van der Waals surface area (Å²) < 4.78 is 9.84. The normalized spacial score (nSPS) is 12.6. The number of carbonyl (C=O) groups is 1. The van der Waals surface area contributed by atoms with Crippen LogP contribution in [-0.4, -0.2) is 26.3 Å². The van der Waals surface area contributed by atoms with Crippen LogP contribution < -0.4 is 0 Å². The predicted molar refractivity (Wildman–Crippen MR) is 93.1 cm³/mol. The summed E-state index contributed by atoms with van der Waals surface area (Å²) >= 11 is 0. The highest BCUT2D eigenvalue weighted by Crippen LogP contribution is 2.14. The molecule has 0 aromatic carbocycles. The van der Waals surface area contributed by atoms with Crippen molar-refractivity contribution in [1.29, 1.82) is 0 Å². The molecule has 3 nitrogen and oxygen atoms in total. The van der Waals surface area contributed by atoms with Crippen LogP contribution in [0, 0.1) is 5.92 Å². The summed E-state index contributed by atoms with van der Waals surface area (Å²) in [6.45, 7) is 4.61. The van der Waals surface area contributed by atoms with Crippen LogP contribution in [0.1, 0.15) is 90.9 Å². The first kappa shape index (κ1) is 21.4. The van der Waals surface area contributed by atoms with Crippen molar-refractivity contribution in [3.8, 4) is 0 Å². The Labute approximate surface area is 138 Å². The van der Waals surface area contributed by atoms with Gasteiger partial charge in [0.2, 0.25) is 0 Å². The van der Waals surface area contributed by atoms with E-state index in [1.165, 1.54) is 71.3 Å². The monoisotopic (exact) mass is 314 g/mol. The van der Waals surface area contributed by atoms with Crippen LogP contribution in [0.3, 0.4) is 0 Å². The van der Waals surface area contributed by atoms with E-state index in [1.54, 1.807) is 7.11 Å². The lowest BCUT2D eigenvalue weighted by atomic mass is 10.0. The van der Waals surface area contributed by atoms with E-state index in [2.05, 4.69) is 13.8 Å². The molecular weight excluding hydrogens is 276 g/mol. The van der Waals surface area contributed by atoms with Gasteiger partial charge in [-0.3, -0.25) is 0 Å². The zero-order valence-corrected chi connectivity index (χ0v) is 15.4. The van der Waals surface area contributed by atoms with Crippen molar-refractivity contribution >= 4 is 5.97 Å². The average Bonchev–Trinajstić information content (AvgIpc) is 2.51. The van der Waals surface area contributed by atoms with Gasteiger partial charge in [-0.15, -0.1) is 0 Å². The van der Waals surface area contributed by atoms with Crippen molar-refractivity contribution in [3.63, 3.8) is 0 Å². The highest BCUT2D eigenvalue weighted by atomic mass is 16.6. The second-order valence-corrected chi connectivity index (χ2v) is 6.75. The van der Waals surface area contributed by atoms with Gasteiger partial charge in [0.05, 0.1) is 7.11 Å². The van der Waals surface area contributed by atoms with Gasteiger partial charge >= 0.3 is 5.97 Å². The summed E-state index contributed by atoms with van der Waals surface area (Å²) in [5.74, 6) is 0.608. The fourth-order valence-electron chi connectivity index (χ4n) is 2.76. The number of carbonyl (C=O) groups excluding carboxylic acids is 1. The van der Waals surface area contributed by atoms with Crippen molar-refractivity contribution in [2.24, 2.45) is 5.92 Å². The van der Waals surface area contributed by atoms with Gasteiger partial charge in [-0.1, -0.05) is 84.5 Å². The molecule has 0 rings (SSSR count). The van der Waals surface area contributed by atoms with Crippen LogP contribution in [-0.2, 0) is 14.3 Å². The molecule has 3 heteroatoms. The Balaban J connectivity index is 3.25. The summed E-state index contributed by atoms with van der Waals surface area (Å²) in [4.78, 5) is 11.3. The van der Waals surface area contributed by atoms with Gasteiger partial charge in [0.1, 0.15) is 0 Å². The molecule has 132 valence electrons. The van der Waals surface area contributed by atoms with Crippen molar-refractivity contribution in [1.82, 2.24) is 0 Å². The van der Waals surface area contributed by atoms with Gasteiger partial charge in [-0.2, -0.15) is 0 Å². The molecule has 0 N–H and O–H groups in total. The largest absolute Gasteiger partial charge is 0.467 e. The molecule has 0 bridgehead atoms. The van der Waals surface area contributed by atoms with Crippen molar-refractivity contribution in [2.45, 2.75) is 97.0 Å². The maximum Gasteiger partial charge on any atom is 0.334 e. The standard InChI is InChI=1S/C19H38O3/c1-17(2)15-13-11-9-7-5-6-8-10-12-14-16-18(21-3)19(20)22-4/h17-18H,5-16H2,1-4H3. The quantitative estimate of drug-likeness (QED) is 0.295. The molecule has 0 aliphatic carbocycles. The topological polar surface area (TPSA) is 35.5 Å². The number of ether oxygens (including phenoxy) is 2. The third-order valence-corrected chi connectivity index (χ3v) is 4.25. The van der Waals surface area contributed by atoms with Crippen LogP contribution >= 0.6 is 0 Å². The summed E-state index contributed by atoms with van der Waals surface area (Å²) in [6, 6.07) is 0. The zero-order valence-electron chi connectivity index (χ0n) is 15.4. The van der Waals surface area contributed by atoms with Crippen molar-refractivity contribution in [3.05, 3.63) is 0 Å². The first-order chi connectivity index (χ1) is 10.6. The van der Waals surface area contributed by atoms with E-state index >= 15 is 0 Å². The predicted octanol–water partition coefficient (Wildman–Crippen LogP) is 5.51. The number of hydrogen-bond donors (Lipinski definition) is 0. The van der Waals surface area contributed by atoms with E-state index < -0.39 is 0 Å². The molecule has 0 radical (unpaired) electrons. The first-order valence-electron chi connectivity index (χ1n) is 9.22. The fraction of sp³-hybridized carbons (Fsp3) is 0.947. The van der Waals surface area contributed by atoms with Crippen LogP contribution in [0.4, 0.5) is 0 Å². The van der Waals surface area contributed by atoms with Gasteiger partial charge in [0, 0.05) is 7.11 Å². The molecule has 1 unspecified atom stereocenters. The van der Waals surface area contributed by atoms with E-state index in [9.17, 15) is 4.79 Å². The van der Waals surface area contributed by atoms with E-state index in [0.717, 1.165) is 18.8 Å². The lowest BCUT2D eigenvalue weighted by Crippen LogP contribution is -2.24. The Morgan fingerprint density at radius 3 is 1.50 bits per heavy atom. The Morgan fingerprint density at radius 1 is 0.727 bits per heavy atom. The molecule has 0 heterocycles. The molecule has 0 amide bonds. The first-order valence-corrected chi connectivity index (χ1v) is 9.22. The van der Waals surface area contributed by atoms with Gasteiger partial charge in [0.25, 0.3) is 0 Å². The molecule has 1 atom stereocenters. The van der Waals surface area contributed by atoms with E-state index in [0.29, 0.717) is 0 Å². The van der Waals surface area contributed by atoms with E-state index in [1.807, 2.05) is 0 Å². The van der Waals surface area contributed by atoms with Crippen molar-refractivity contribution in [2.75, 3.05) is 14.2 Å². The minimum atomic E-state index is -0.379. The molecule has 22 heavy (non-hydrogen) atoms. The summed E-state index contributed by atoms with van der Waals surface area (Å²) in [5.41, 5.74) is 0.